The van der Waals surface area contributed by atoms with Gasteiger partial charge in [0.1, 0.15) is 13.2 Å². The number of benzene rings is 1. The summed E-state index contributed by atoms with van der Waals surface area (Å²) in [7, 11) is -3.60. The summed E-state index contributed by atoms with van der Waals surface area (Å²) in [6.07, 6.45) is 0.599. The minimum absolute atomic E-state index is 0.167. The second kappa shape index (κ2) is 6.64. The van der Waals surface area contributed by atoms with Gasteiger partial charge in [-0.2, -0.15) is 0 Å². The molecule has 1 aromatic carbocycles. The molecule has 0 spiro atoms. The molecular formula is C14H22N2O4S. The molecule has 21 heavy (non-hydrogen) atoms. The molecule has 1 heterocycles. The van der Waals surface area contributed by atoms with Gasteiger partial charge in [0.2, 0.25) is 10.0 Å². The summed E-state index contributed by atoms with van der Waals surface area (Å²) in [5.41, 5.74) is 5.54. The first-order chi connectivity index (χ1) is 9.94. The Labute approximate surface area is 125 Å². The average Bonchev–Trinajstić information content (AvgIpc) is 2.46. The van der Waals surface area contributed by atoms with Crippen LogP contribution in [0.5, 0.6) is 11.5 Å². The van der Waals surface area contributed by atoms with Gasteiger partial charge >= 0.3 is 0 Å². The van der Waals surface area contributed by atoms with Crippen molar-refractivity contribution in [1.82, 2.24) is 4.72 Å². The summed E-state index contributed by atoms with van der Waals surface area (Å²) in [6.45, 7) is 5.26. The van der Waals surface area contributed by atoms with Crippen molar-refractivity contribution in [1.29, 1.82) is 0 Å². The third-order valence-electron chi connectivity index (χ3n) is 3.41. The molecule has 0 saturated heterocycles. The van der Waals surface area contributed by atoms with Gasteiger partial charge in [-0.15, -0.1) is 0 Å². The molecule has 0 radical (unpaired) electrons. The highest BCUT2D eigenvalue weighted by Crippen LogP contribution is 2.32. The maximum atomic E-state index is 12.5. The third-order valence-corrected chi connectivity index (χ3v) is 4.90. The van der Waals surface area contributed by atoms with Gasteiger partial charge in [-0.1, -0.05) is 13.8 Å². The van der Waals surface area contributed by atoms with E-state index < -0.39 is 10.0 Å². The van der Waals surface area contributed by atoms with Gasteiger partial charge in [0.25, 0.3) is 0 Å². The Morgan fingerprint density at radius 3 is 2.52 bits per heavy atom. The zero-order valence-corrected chi connectivity index (χ0v) is 13.2. The minimum Gasteiger partial charge on any atom is -0.486 e. The normalized spacial score (nSPS) is 16.0. The maximum Gasteiger partial charge on any atom is 0.240 e. The molecule has 0 aliphatic carbocycles. The van der Waals surface area contributed by atoms with Crippen molar-refractivity contribution in [3.05, 3.63) is 18.2 Å². The van der Waals surface area contributed by atoms with Crippen LogP contribution in [0.1, 0.15) is 20.3 Å². The monoisotopic (exact) mass is 314 g/mol. The number of rotatable bonds is 6. The first-order valence-electron chi connectivity index (χ1n) is 7.06. The Kier molecular flexibility index (Phi) is 5.08. The molecular weight excluding hydrogens is 292 g/mol. The van der Waals surface area contributed by atoms with Gasteiger partial charge in [0, 0.05) is 12.1 Å². The van der Waals surface area contributed by atoms with Crippen molar-refractivity contribution in [3.8, 4) is 11.5 Å². The molecule has 3 N–H and O–H groups in total. The fourth-order valence-electron chi connectivity index (χ4n) is 2.17. The quantitative estimate of drug-likeness (QED) is 0.821. The van der Waals surface area contributed by atoms with Crippen LogP contribution < -0.4 is 19.9 Å². The van der Waals surface area contributed by atoms with Gasteiger partial charge in [-0.05, 0) is 31.0 Å². The SMILES string of the molecule is CC(C)C(CCN)NS(=O)(=O)c1ccc2c(c1)OCCO2. The lowest BCUT2D eigenvalue weighted by Gasteiger charge is -2.23. The van der Waals surface area contributed by atoms with Crippen molar-refractivity contribution in [3.63, 3.8) is 0 Å². The second-order valence-corrected chi connectivity index (χ2v) is 7.07. The fraction of sp³-hybridized carbons (Fsp3) is 0.571. The van der Waals surface area contributed by atoms with Crippen molar-refractivity contribution >= 4 is 10.0 Å². The Bertz CT molecular complexity index is 587. The van der Waals surface area contributed by atoms with E-state index in [9.17, 15) is 8.42 Å². The van der Waals surface area contributed by atoms with Crippen molar-refractivity contribution in [2.75, 3.05) is 19.8 Å². The van der Waals surface area contributed by atoms with E-state index in [2.05, 4.69) is 4.72 Å². The van der Waals surface area contributed by atoms with Crippen LogP contribution >= 0.6 is 0 Å². The van der Waals surface area contributed by atoms with Crippen LogP contribution in [0.2, 0.25) is 0 Å². The summed E-state index contributed by atoms with van der Waals surface area (Å²) in [4.78, 5) is 0.175. The number of hydrogen-bond acceptors (Lipinski definition) is 5. The molecule has 0 fully saturated rings. The van der Waals surface area contributed by atoms with Crippen LogP contribution in [-0.2, 0) is 10.0 Å². The Morgan fingerprint density at radius 2 is 1.90 bits per heavy atom. The first kappa shape index (κ1) is 16.1. The summed E-state index contributed by atoms with van der Waals surface area (Å²) >= 11 is 0. The summed E-state index contributed by atoms with van der Waals surface area (Å²) in [5.74, 6) is 1.20. The number of fused-ring (bicyclic) bond motifs is 1. The highest BCUT2D eigenvalue weighted by Gasteiger charge is 2.24. The number of ether oxygens (including phenoxy) is 2. The molecule has 1 atom stereocenters. The Balaban J connectivity index is 2.22. The van der Waals surface area contributed by atoms with E-state index in [1.54, 1.807) is 6.07 Å². The molecule has 1 aliphatic heterocycles. The van der Waals surface area contributed by atoms with E-state index in [1.165, 1.54) is 12.1 Å². The number of hydrogen-bond donors (Lipinski definition) is 2. The molecule has 1 unspecified atom stereocenters. The Morgan fingerprint density at radius 1 is 1.24 bits per heavy atom. The van der Waals surface area contributed by atoms with Gasteiger partial charge < -0.3 is 15.2 Å². The molecule has 1 aliphatic rings. The number of nitrogens with one attached hydrogen (secondary N) is 1. The largest absolute Gasteiger partial charge is 0.486 e. The molecule has 6 nitrogen and oxygen atoms in total. The van der Waals surface area contributed by atoms with Crippen LogP contribution in [0, 0.1) is 5.92 Å². The van der Waals surface area contributed by atoms with E-state index >= 15 is 0 Å². The van der Waals surface area contributed by atoms with Crippen LogP contribution in [0.15, 0.2) is 23.1 Å². The zero-order chi connectivity index (χ0) is 15.5. The standard InChI is InChI=1S/C14H22N2O4S/c1-10(2)12(5-6-15)16-21(17,18)11-3-4-13-14(9-11)20-8-7-19-13/h3-4,9-10,12,16H,5-8,15H2,1-2H3. The molecule has 118 valence electrons. The van der Waals surface area contributed by atoms with E-state index in [0.717, 1.165) is 0 Å². The van der Waals surface area contributed by atoms with Crippen molar-refractivity contribution in [2.45, 2.75) is 31.2 Å². The summed E-state index contributed by atoms with van der Waals surface area (Å²) in [6, 6.07) is 4.45. The van der Waals surface area contributed by atoms with E-state index in [1.807, 2.05) is 13.8 Å². The van der Waals surface area contributed by atoms with E-state index in [0.29, 0.717) is 37.7 Å². The van der Waals surface area contributed by atoms with E-state index in [-0.39, 0.29) is 16.9 Å². The van der Waals surface area contributed by atoms with Crippen molar-refractivity contribution < 1.29 is 17.9 Å². The Hall–Kier alpha value is -1.31. The van der Waals surface area contributed by atoms with Crippen LogP contribution in [0.4, 0.5) is 0 Å². The van der Waals surface area contributed by atoms with Crippen LogP contribution in [0.25, 0.3) is 0 Å². The van der Waals surface area contributed by atoms with Crippen LogP contribution in [-0.4, -0.2) is 34.2 Å². The highest BCUT2D eigenvalue weighted by atomic mass is 32.2. The molecule has 7 heteroatoms. The van der Waals surface area contributed by atoms with Gasteiger partial charge in [0.05, 0.1) is 4.90 Å². The lowest BCUT2D eigenvalue weighted by Crippen LogP contribution is -2.39. The molecule has 0 bridgehead atoms. The lowest BCUT2D eigenvalue weighted by atomic mass is 10.0. The minimum atomic E-state index is -3.60. The smallest absolute Gasteiger partial charge is 0.240 e. The van der Waals surface area contributed by atoms with Gasteiger partial charge in [-0.25, -0.2) is 13.1 Å². The van der Waals surface area contributed by atoms with E-state index in [4.69, 9.17) is 15.2 Å². The zero-order valence-electron chi connectivity index (χ0n) is 12.3. The molecule has 0 amide bonds. The molecule has 0 aromatic heterocycles. The first-order valence-corrected chi connectivity index (χ1v) is 8.54. The predicted octanol–water partition coefficient (Wildman–Crippen LogP) is 1.11. The van der Waals surface area contributed by atoms with Crippen LogP contribution in [0.3, 0.4) is 0 Å². The van der Waals surface area contributed by atoms with Gasteiger partial charge in [-0.3, -0.25) is 0 Å². The number of nitrogens with two attached hydrogens (primary N) is 1. The second-order valence-electron chi connectivity index (χ2n) is 5.35. The molecule has 2 rings (SSSR count). The predicted molar refractivity (Wildman–Crippen MR) is 80.1 cm³/mol. The highest BCUT2D eigenvalue weighted by molar-refractivity contribution is 7.89. The topological polar surface area (TPSA) is 90.7 Å². The third kappa shape index (κ3) is 3.87. The number of sulfonamides is 1. The lowest BCUT2D eigenvalue weighted by molar-refractivity contribution is 0.171. The van der Waals surface area contributed by atoms with Gasteiger partial charge in [0.15, 0.2) is 11.5 Å². The average molecular weight is 314 g/mol. The molecule has 0 saturated carbocycles. The fourth-order valence-corrected chi connectivity index (χ4v) is 3.60. The maximum absolute atomic E-state index is 12.5. The molecule has 1 aromatic rings. The van der Waals surface area contributed by atoms with Crippen molar-refractivity contribution in [2.24, 2.45) is 11.7 Å². The summed E-state index contributed by atoms with van der Waals surface area (Å²) < 4.78 is 38.4. The summed E-state index contributed by atoms with van der Waals surface area (Å²) in [5, 5.41) is 0.